The van der Waals surface area contributed by atoms with E-state index < -0.39 is 17.4 Å². The smallest absolute Gasteiger partial charge is 0.198 e. The van der Waals surface area contributed by atoms with E-state index in [1.165, 1.54) is 0 Å². The lowest BCUT2D eigenvalue weighted by molar-refractivity contribution is 0.405. The summed E-state index contributed by atoms with van der Waals surface area (Å²) in [4.78, 5) is 0. The summed E-state index contributed by atoms with van der Waals surface area (Å²) in [5.41, 5.74) is 0.894. The number of ether oxygens (including phenoxy) is 1. The Balaban J connectivity index is 2.41. The SMILES string of the molecule is Cc1ccc(Oc2c(F)cc(C#N)cc2F)c(Br)c1. The van der Waals surface area contributed by atoms with Gasteiger partial charge in [-0.3, -0.25) is 0 Å². The first kappa shape index (κ1) is 13.5. The number of halogens is 3. The first-order chi connectivity index (χ1) is 9.01. The second kappa shape index (κ2) is 5.37. The molecule has 0 aliphatic heterocycles. The van der Waals surface area contributed by atoms with Crippen molar-refractivity contribution in [2.24, 2.45) is 0 Å². The molecule has 19 heavy (non-hydrogen) atoms. The molecular formula is C14H8BrF2NO. The molecule has 2 aromatic carbocycles. The fourth-order valence-electron chi connectivity index (χ4n) is 1.52. The molecule has 0 fully saturated rings. The Morgan fingerprint density at radius 1 is 1.16 bits per heavy atom. The van der Waals surface area contributed by atoms with Crippen molar-refractivity contribution in [2.45, 2.75) is 6.92 Å². The fourth-order valence-corrected chi connectivity index (χ4v) is 2.09. The molecule has 0 N–H and O–H groups in total. The van der Waals surface area contributed by atoms with Crippen LogP contribution in [0.4, 0.5) is 8.78 Å². The van der Waals surface area contributed by atoms with E-state index in [-0.39, 0.29) is 5.56 Å². The van der Waals surface area contributed by atoms with Gasteiger partial charge in [0.15, 0.2) is 17.4 Å². The van der Waals surface area contributed by atoms with Crippen LogP contribution in [0.5, 0.6) is 11.5 Å². The molecule has 5 heteroatoms. The lowest BCUT2D eigenvalue weighted by Gasteiger charge is -2.10. The molecule has 2 rings (SSSR count). The van der Waals surface area contributed by atoms with Crippen LogP contribution in [0.25, 0.3) is 0 Å². The van der Waals surface area contributed by atoms with Crippen LogP contribution in [-0.2, 0) is 0 Å². The van der Waals surface area contributed by atoms with Gasteiger partial charge in [0.1, 0.15) is 5.75 Å². The summed E-state index contributed by atoms with van der Waals surface area (Å²) in [5.74, 6) is -2.05. The second-order valence-corrected chi connectivity index (χ2v) is 4.77. The lowest BCUT2D eigenvalue weighted by Crippen LogP contribution is -1.95. The van der Waals surface area contributed by atoms with E-state index in [4.69, 9.17) is 10.00 Å². The number of aryl methyl sites for hydroxylation is 1. The maximum Gasteiger partial charge on any atom is 0.198 e. The zero-order chi connectivity index (χ0) is 14.0. The molecule has 0 aliphatic rings. The highest BCUT2D eigenvalue weighted by Gasteiger charge is 2.15. The largest absolute Gasteiger partial charge is 0.450 e. The monoisotopic (exact) mass is 323 g/mol. The van der Waals surface area contributed by atoms with E-state index in [0.29, 0.717) is 10.2 Å². The van der Waals surface area contributed by atoms with E-state index in [1.54, 1.807) is 24.3 Å². The molecule has 0 aromatic heterocycles. The molecule has 0 heterocycles. The van der Waals surface area contributed by atoms with Crippen molar-refractivity contribution in [3.63, 3.8) is 0 Å². The Morgan fingerprint density at radius 3 is 2.32 bits per heavy atom. The van der Waals surface area contributed by atoms with E-state index in [2.05, 4.69) is 15.9 Å². The predicted molar refractivity (Wildman–Crippen MR) is 70.0 cm³/mol. The van der Waals surface area contributed by atoms with Crippen LogP contribution in [0.2, 0.25) is 0 Å². The van der Waals surface area contributed by atoms with Gasteiger partial charge < -0.3 is 4.74 Å². The maximum absolute atomic E-state index is 13.7. The van der Waals surface area contributed by atoms with Gasteiger partial charge in [0.2, 0.25) is 0 Å². The third-order valence-electron chi connectivity index (χ3n) is 2.43. The number of nitriles is 1. The summed E-state index contributed by atoms with van der Waals surface area (Å²) in [5, 5.41) is 8.61. The molecule has 0 bridgehead atoms. The Kier molecular flexibility index (Phi) is 3.82. The Labute approximate surface area is 117 Å². The van der Waals surface area contributed by atoms with Crippen molar-refractivity contribution in [1.82, 2.24) is 0 Å². The highest BCUT2D eigenvalue weighted by molar-refractivity contribution is 9.10. The number of benzene rings is 2. The van der Waals surface area contributed by atoms with Crippen LogP contribution in [-0.4, -0.2) is 0 Å². The molecule has 96 valence electrons. The van der Waals surface area contributed by atoms with Gasteiger partial charge in [-0.05, 0) is 52.7 Å². The summed E-state index contributed by atoms with van der Waals surface area (Å²) in [6.07, 6.45) is 0. The normalized spacial score (nSPS) is 10.1. The van der Waals surface area contributed by atoms with E-state index in [9.17, 15) is 8.78 Å². The van der Waals surface area contributed by atoms with Crippen LogP contribution >= 0.6 is 15.9 Å². The third-order valence-corrected chi connectivity index (χ3v) is 3.05. The molecule has 0 unspecified atom stereocenters. The van der Waals surface area contributed by atoms with Gasteiger partial charge in [-0.25, -0.2) is 8.78 Å². The average molecular weight is 324 g/mol. The predicted octanol–water partition coefficient (Wildman–Crippen LogP) is 4.70. The molecule has 0 radical (unpaired) electrons. The number of hydrogen-bond donors (Lipinski definition) is 0. The maximum atomic E-state index is 13.7. The topological polar surface area (TPSA) is 33.0 Å². The molecule has 0 spiro atoms. The molecule has 0 atom stereocenters. The van der Waals surface area contributed by atoms with Crippen LogP contribution < -0.4 is 4.74 Å². The molecule has 2 nitrogen and oxygen atoms in total. The first-order valence-corrected chi connectivity index (χ1v) is 6.13. The van der Waals surface area contributed by atoms with Crippen LogP contribution in [0.3, 0.4) is 0 Å². The van der Waals surface area contributed by atoms with E-state index >= 15 is 0 Å². The van der Waals surface area contributed by atoms with Gasteiger partial charge >= 0.3 is 0 Å². The number of rotatable bonds is 2. The average Bonchev–Trinajstić information content (AvgIpc) is 2.35. The number of hydrogen-bond acceptors (Lipinski definition) is 2. The second-order valence-electron chi connectivity index (χ2n) is 3.92. The zero-order valence-corrected chi connectivity index (χ0v) is 11.5. The van der Waals surface area contributed by atoms with Gasteiger partial charge in [0, 0.05) is 0 Å². The summed E-state index contributed by atoms with van der Waals surface area (Å²) in [7, 11) is 0. The minimum Gasteiger partial charge on any atom is -0.450 e. The summed E-state index contributed by atoms with van der Waals surface area (Å²) >= 11 is 3.26. The van der Waals surface area contributed by atoms with Crippen molar-refractivity contribution in [1.29, 1.82) is 5.26 Å². The van der Waals surface area contributed by atoms with Gasteiger partial charge in [0.05, 0.1) is 16.1 Å². The highest BCUT2D eigenvalue weighted by Crippen LogP contribution is 2.33. The van der Waals surface area contributed by atoms with Crippen LogP contribution in [0.1, 0.15) is 11.1 Å². The van der Waals surface area contributed by atoms with Crippen molar-refractivity contribution in [2.75, 3.05) is 0 Å². The molecule has 0 amide bonds. The summed E-state index contributed by atoms with van der Waals surface area (Å²) in [6, 6.07) is 8.68. The van der Waals surface area contributed by atoms with E-state index in [0.717, 1.165) is 17.7 Å². The van der Waals surface area contributed by atoms with Gasteiger partial charge in [0.25, 0.3) is 0 Å². The minimum absolute atomic E-state index is 0.0923. The van der Waals surface area contributed by atoms with Crippen LogP contribution in [0.15, 0.2) is 34.8 Å². The van der Waals surface area contributed by atoms with E-state index in [1.807, 2.05) is 6.92 Å². The summed E-state index contributed by atoms with van der Waals surface area (Å²) < 4.78 is 33.1. The van der Waals surface area contributed by atoms with Gasteiger partial charge in [-0.2, -0.15) is 5.26 Å². The number of nitrogens with zero attached hydrogens (tertiary/aromatic N) is 1. The lowest BCUT2D eigenvalue weighted by atomic mass is 10.2. The minimum atomic E-state index is -0.913. The Hall–Kier alpha value is -1.93. The zero-order valence-electron chi connectivity index (χ0n) is 9.88. The Bertz CT molecular complexity index is 657. The van der Waals surface area contributed by atoms with Gasteiger partial charge in [-0.1, -0.05) is 6.07 Å². The highest BCUT2D eigenvalue weighted by atomic mass is 79.9. The molecular weight excluding hydrogens is 316 g/mol. The molecule has 2 aromatic rings. The van der Waals surface area contributed by atoms with Crippen molar-refractivity contribution in [3.05, 3.63) is 57.6 Å². The quantitative estimate of drug-likeness (QED) is 0.802. The standard InChI is InChI=1S/C14H8BrF2NO/c1-8-2-3-13(10(15)4-8)19-14-11(16)5-9(7-18)6-12(14)17/h2-6H,1H3. The molecule has 0 aliphatic carbocycles. The van der Waals surface area contributed by atoms with Crippen molar-refractivity contribution >= 4 is 15.9 Å². The summed E-state index contributed by atoms with van der Waals surface area (Å²) in [6.45, 7) is 1.89. The Morgan fingerprint density at radius 2 is 1.79 bits per heavy atom. The van der Waals surface area contributed by atoms with Gasteiger partial charge in [-0.15, -0.1) is 0 Å². The molecule has 0 saturated carbocycles. The van der Waals surface area contributed by atoms with Crippen LogP contribution in [0, 0.1) is 29.9 Å². The van der Waals surface area contributed by atoms with Crippen molar-refractivity contribution < 1.29 is 13.5 Å². The first-order valence-electron chi connectivity index (χ1n) is 5.34. The fraction of sp³-hybridized carbons (Fsp3) is 0.0714. The van der Waals surface area contributed by atoms with Crippen molar-refractivity contribution in [3.8, 4) is 17.6 Å². The molecule has 0 saturated heterocycles. The third kappa shape index (κ3) is 2.91.